The van der Waals surface area contributed by atoms with Crippen molar-refractivity contribution < 1.29 is 19.8 Å². The largest absolute Gasteiger partial charge is 0.480 e. The molecule has 1 aromatic heterocycles. The Morgan fingerprint density at radius 1 is 1.25 bits per heavy atom. The lowest BCUT2D eigenvalue weighted by Gasteiger charge is -2.21. The van der Waals surface area contributed by atoms with Crippen molar-refractivity contribution in [3.8, 4) is 0 Å². The Hall–Kier alpha value is -1.95. The normalized spacial score (nSPS) is 13.9. The Labute approximate surface area is 117 Å². The van der Waals surface area contributed by atoms with Gasteiger partial charge in [0.15, 0.2) is 0 Å². The zero-order valence-electron chi connectivity index (χ0n) is 11.6. The number of pyridine rings is 1. The summed E-state index contributed by atoms with van der Waals surface area (Å²) in [4.78, 5) is 26.4. The van der Waals surface area contributed by atoms with Gasteiger partial charge in [0.1, 0.15) is 12.1 Å². The van der Waals surface area contributed by atoms with Crippen LogP contribution in [0.5, 0.6) is 0 Å². The lowest BCUT2D eigenvalue weighted by atomic mass is 10.0. The van der Waals surface area contributed by atoms with Crippen LogP contribution < -0.4 is 5.32 Å². The van der Waals surface area contributed by atoms with E-state index < -0.39 is 24.0 Å². The van der Waals surface area contributed by atoms with Crippen LogP contribution in [-0.4, -0.2) is 39.2 Å². The van der Waals surface area contributed by atoms with Gasteiger partial charge in [0.25, 0.3) is 0 Å². The molecule has 0 fully saturated rings. The maximum absolute atomic E-state index is 11.3. The van der Waals surface area contributed by atoms with Crippen molar-refractivity contribution >= 4 is 11.9 Å². The first-order valence-electron chi connectivity index (χ1n) is 6.50. The van der Waals surface area contributed by atoms with E-state index in [1.807, 2.05) is 13.8 Å². The summed E-state index contributed by atoms with van der Waals surface area (Å²) < 4.78 is 0. The van der Waals surface area contributed by atoms with Gasteiger partial charge in [-0.05, 0) is 30.4 Å². The topological polar surface area (TPSA) is 99.5 Å². The fourth-order valence-electron chi connectivity index (χ4n) is 1.93. The first-order chi connectivity index (χ1) is 9.40. The third-order valence-electron chi connectivity index (χ3n) is 2.87. The number of nitrogens with zero attached hydrogens (tertiary/aromatic N) is 1. The van der Waals surface area contributed by atoms with Crippen LogP contribution in [0.15, 0.2) is 24.5 Å². The molecule has 0 saturated carbocycles. The highest BCUT2D eigenvalue weighted by molar-refractivity contribution is 5.77. The molecule has 110 valence electrons. The molecular formula is C14H20N2O4. The van der Waals surface area contributed by atoms with Gasteiger partial charge < -0.3 is 10.2 Å². The molecule has 1 rings (SSSR count). The quantitative estimate of drug-likeness (QED) is 0.661. The molecule has 0 aromatic carbocycles. The average Bonchev–Trinajstić information content (AvgIpc) is 2.37. The Morgan fingerprint density at radius 3 is 2.35 bits per heavy atom. The summed E-state index contributed by atoms with van der Waals surface area (Å²) in [5, 5.41) is 21.1. The molecule has 1 heterocycles. The third kappa shape index (κ3) is 5.36. The summed E-state index contributed by atoms with van der Waals surface area (Å²) >= 11 is 0. The molecule has 0 aliphatic heterocycles. The first-order valence-corrected chi connectivity index (χ1v) is 6.50. The summed E-state index contributed by atoms with van der Waals surface area (Å²) in [6, 6.07) is 1.67. The standard InChI is InChI=1S/C14H20N2O4/c1-9(2)6-11(13(17)18)16-12(14(19)20)7-10-4-3-5-15-8-10/h3-5,8-9,11-12,16H,6-7H2,1-2H3,(H,17,18)(H,19,20)/t11?,12-/m1/s1. The Morgan fingerprint density at radius 2 is 1.90 bits per heavy atom. The van der Waals surface area contributed by atoms with E-state index in [9.17, 15) is 14.7 Å². The predicted molar refractivity (Wildman–Crippen MR) is 73.4 cm³/mol. The van der Waals surface area contributed by atoms with Gasteiger partial charge in [-0.3, -0.25) is 19.9 Å². The number of carboxylic acids is 2. The molecule has 3 N–H and O–H groups in total. The second-order valence-electron chi connectivity index (χ2n) is 5.14. The number of hydrogen-bond donors (Lipinski definition) is 3. The van der Waals surface area contributed by atoms with Crippen molar-refractivity contribution in [1.82, 2.24) is 10.3 Å². The van der Waals surface area contributed by atoms with Crippen LogP contribution in [0.3, 0.4) is 0 Å². The van der Waals surface area contributed by atoms with Crippen LogP contribution in [0.2, 0.25) is 0 Å². The van der Waals surface area contributed by atoms with Gasteiger partial charge in [-0.15, -0.1) is 0 Å². The zero-order chi connectivity index (χ0) is 15.1. The molecule has 20 heavy (non-hydrogen) atoms. The highest BCUT2D eigenvalue weighted by atomic mass is 16.4. The minimum Gasteiger partial charge on any atom is -0.480 e. The molecule has 0 amide bonds. The van der Waals surface area contributed by atoms with E-state index in [4.69, 9.17) is 5.11 Å². The molecule has 0 bridgehead atoms. The van der Waals surface area contributed by atoms with Gasteiger partial charge in [-0.1, -0.05) is 19.9 Å². The molecule has 0 spiro atoms. The Balaban J connectivity index is 2.75. The van der Waals surface area contributed by atoms with Gasteiger partial charge in [0.2, 0.25) is 0 Å². The summed E-state index contributed by atoms with van der Waals surface area (Å²) in [5.74, 6) is -1.93. The van der Waals surface area contributed by atoms with Gasteiger partial charge >= 0.3 is 11.9 Å². The minimum atomic E-state index is -1.07. The molecule has 0 aliphatic rings. The third-order valence-corrected chi connectivity index (χ3v) is 2.87. The number of carboxylic acid groups (broad SMARTS) is 2. The van der Waals surface area contributed by atoms with Gasteiger partial charge in [0.05, 0.1) is 0 Å². The monoisotopic (exact) mass is 280 g/mol. The van der Waals surface area contributed by atoms with Crippen LogP contribution in [0, 0.1) is 5.92 Å². The number of hydrogen-bond acceptors (Lipinski definition) is 4. The highest BCUT2D eigenvalue weighted by Crippen LogP contribution is 2.08. The first kappa shape index (κ1) is 16.1. The summed E-state index contributed by atoms with van der Waals surface area (Å²) in [7, 11) is 0. The predicted octanol–water partition coefficient (Wildman–Crippen LogP) is 1.17. The Kier molecular flexibility index (Phi) is 6.11. The molecule has 6 nitrogen and oxygen atoms in total. The summed E-state index contributed by atoms with van der Waals surface area (Å²) in [6.07, 6.45) is 3.76. The van der Waals surface area contributed by atoms with Gasteiger partial charge in [0, 0.05) is 12.4 Å². The van der Waals surface area contributed by atoms with E-state index in [1.165, 1.54) is 0 Å². The van der Waals surface area contributed by atoms with Crippen LogP contribution >= 0.6 is 0 Å². The molecule has 6 heteroatoms. The summed E-state index contributed by atoms with van der Waals surface area (Å²) in [6.45, 7) is 3.79. The zero-order valence-corrected chi connectivity index (χ0v) is 11.6. The van der Waals surface area contributed by atoms with E-state index >= 15 is 0 Å². The fraction of sp³-hybridized carbons (Fsp3) is 0.500. The molecule has 2 atom stereocenters. The van der Waals surface area contributed by atoms with E-state index in [1.54, 1.807) is 24.5 Å². The number of aromatic nitrogens is 1. The van der Waals surface area contributed by atoms with E-state index in [-0.39, 0.29) is 12.3 Å². The van der Waals surface area contributed by atoms with Crippen LogP contribution in [0.1, 0.15) is 25.8 Å². The van der Waals surface area contributed by atoms with Crippen molar-refractivity contribution in [2.45, 2.75) is 38.8 Å². The van der Waals surface area contributed by atoms with Crippen LogP contribution in [0.4, 0.5) is 0 Å². The van der Waals surface area contributed by atoms with Crippen LogP contribution in [0.25, 0.3) is 0 Å². The van der Waals surface area contributed by atoms with Crippen molar-refractivity contribution in [3.63, 3.8) is 0 Å². The van der Waals surface area contributed by atoms with Gasteiger partial charge in [-0.25, -0.2) is 0 Å². The van der Waals surface area contributed by atoms with Crippen molar-refractivity contribution in [2.24, 2.45) is 5.92 Å². The summed E-state index contributed by atoms with van der Waals surface area (Å²) in [5.41, 5.74) is 0.751. The van der Waals surface area contributed by atoms with E-state index in [0.29, 0.717) is 6.42 Å². The fourth-order valence-corrected chi connectivity index (χ4v) is 1.93. The van der Waals surface area contributed by atoms with Crippen molar-refractivity contribution in [2.75, 3.05) is 0 Å². The van der Waals surface area contributed by atoms with Crippen molar-refractivity contribution in [1.29, 1.82) is 0 Å². The second-order valence-corrected chi connectivity index (χ2v) is 5.14. The Bertz CT molecular complexity index is 448. The lowest BCUT2D eigenvalue weighted by Crippen LogP contribution is -2.48. The SMILES string of the molecule is CC(C)CC(N[C@H](Cc1cccnc1)C(=O)O)C(=O)O. The maximum Gasteiger partial charge on any atom is 0.321 e. The number of rotatable bonds is 8. The molecule has 1 unspecified atom stereocenters. The molecule has 0 aliphatic carbocycles. The lowest BCUT2D eigenvalue weighted by molar-refractivity contribution is -0.142. The maximum atomic E-state index is 11.3. The molecule has 0 radical (unpaired) electrons. The molecule has 1 aromatic rings. The molecular weight excluding hydrogens is 260 g/mol. The highest BCUT2D eigenvalue weighted by Gasteiger charge is 2.26. The smallest absolute Gasteiger partial charge is 0.321 e. The number of aliphatic carboxylic acids is 2. The van der Waals surface area contributed by atoms with Crippen LogP contribution in [-0.2, 0) is 16.0 Å². The molecule has 0 saturated heterocycles. The van der Waals surface area contributed by atoms with Gasteiger partial charge in [-0.2, -0.15) is 0 Å². The minimum absolute atomic E-state index is 0.163. The van der Waals surface area contributed by atoms with E-state index in [2.05, 4.69) is 10.3 Å². The van der Waals surface area contributed by atoms with Crippen molar-refractivity contribution in [3.05, 3.63) is 30.1 Å². The average molecular weight is 280 g/mol. The number of nitrogens with one attached hydrogen (secondary N) is 1. The van der Waals surface area contributed by atoms with E-state index in [0.717, 1.165) is 5.56 Å². The number of carbonyl (C=O) groups is 2. The second kappa shape index (κ2) is 7.59.